The number of nitrogens with zero attached hydrogens (tertiary/aromatic N) is 1. The molecule has 0 aromatic heterocycles. The van der Waals surface area contributed by atoms with E-state index in [-0.39, 0.29) is 0 Å². The van der Waals surface area contributed by atoms with E-state index in [0.717, 1.165) is 35.5 Å². The van der Waals surface area contributed by atoms with Gasteiger partial charge in [0.05, 0.1) is 0 Å². The zero-order valence-corrected chi connectivity index (χ0v) is 14.1. The Bertz CT molecular complexity index is 426. The van der Waals surface area contributed by atoms with Crippen LogP contribution in [0.4, 0.5) is 0 Å². The molecule has 0 aromatic rings. The fourth-order valence-corrected chi connectivity index (χ4v) is 2.76. The summed E-state index contributed by atoms with van der Waals surface area (Å²) in [5, 5.41) is 10.9. The van der Waals surface area contributed by atoms with Crippen molar-refractivity contribution >= 4 is 14.1 Å². The van der Waals surface area contributed by atoms with Gasteiger partial charge in [-0.15, -0.1) is 0 Å². The molecule has 1 aliphatic heterocycles. The largest absolute Gasteiger partial charge is 0.365 e. The second-order valence-corrected chi connectivity index (χ2v) is 6.17. The summed E-state index contributed by atoms with van der Waals surface area (Å²) in [6.07, 6.45) is 8.91. The second kappa shape index (κ2) is 8.88. The summed E-state index contributed by atoms with van der Waals surface area (Å²) >= 11 is 0. The summed E-state index contributed by atoms with van der Waals surface area (Å²) in [6.45, 7) is 12.8. The molecule has 2 N–H and O–H groups in total. The number of nitrogens with one attached hydrogen (secondary N) is 2. The first-order valence-electron chi connectivity index (χ1n) is 8.06. The first kappa shape index (κ1) is 17.8. The van der Waals surface area contributed by atoms with Crippen LogP contribution in [0, 0.1) is 5.41 Å². The van der Waals surface area contributed by atoms with Crippen molar-refractivity contribution in [3.63, 3.8) is 0 Å². The molecule has 1 fully saturated rings. The van der Waals surface area contributed by atoms with Crippen molar-refractivity contribution in [2.45, 2.75) is 51.9 Å². The first-order valence-corrected chi connectivity index (χ1v) is 8.06. The highest BCUT2D eigenvalue weighted by molar-refractivity contribution is 6.12. The highest BCUT2D eigenvalue weighted by Gasteiger charge is 2.21. The molecule has 0 spiro atoms. The maximum atomic E-state index is 7.56. The van der Waals surface area contributed by atoms with Gasteiger partial charge in [0.2, 0.25) is 0 Å². The molecular formula is C17H30BN3. The molecule has 1 rings (SSSR count). The Morgan fingerprint density at radius 1 is 1.57 bits per heavy atom. The monoisotopic (exact) mass is 287 g/mol. The third-order valence-electron chi connectivity index (χ3n) is 4.19. The fourth-order valence-electron chi connectivity index (χ4n) is 2.76. The van der Waals surface area contributed by atoms with Crippen LogP contribution in [0.1, 0.15) is 40.0 Å². The van der Waals surface area contributed by atoms with Crippen LogP contribution in [0.2, 0.25) is 5.82 Å². The van der Waals surface area contributed by atoms with Gasteiger partial charge in [-0.25, -0.2) is 0 Å². The Morgan fingerprint density at radius 3 is 2.81 bits per heavy atom. The Balaban J connectivity index is 2.57. The summed E-state index contributed by atoms with van der Waals surface area (Å²) in [7, 11) is 2.32. The van der Waals surface area contributed by atoms with Gasteiger partial charge in [-0.2, -0.15) is 0 Å². The van der Waals surface area contributed by atoms with E-state index < -0.39 is 0 Å². The molecule has 1 saturated heterocycles. The van der Waals surface area contributed by atoms with E-state index in [1.54, 1.807) is 0 Å². The molecule has 3 nitrogen and oxygen atoms in total. The van der Waals surface area contributed by atoms with Crippen molar-refractivity contribution in [1.29, 1.82) is 5.41 Å². The fraction of sp³-hybridized carbons (Fsp3) is 0.588. The van der Waals surface area contributed by atoms with Crippen LogP contribution in [0.25, 0.3) is 0 Å². The van der Waals surface area contributed by atoms with Crippen LogP contribution in [-0.4, -0.2) is 38.1 Å². The van der Waals surface area contributed by atoms with E-state index in [0.29, 0.717) is 6.04 Å². The molecule has 2 atom stereocenters. The average Bonchev–Trinajstić information content (AvgIpc) is 2.86. The highest BCUT2D eigenvalue weighted by Crippen LogP contribution is 2.20. The van der Waals surface area contributed by atoms with Gasteiger partial charge in [0.15, 0.2) is 0 Å². The van der Waals surface area contributed by atoms with Crippen LogP contribution in [0.3, 0.4) is 0 Å². The zero-order valence-electron chi connectivity index (χ0n) is 14.1. The molecule has 0 aromatic carbocycles. The lowest BCUT2D eigenvalue weighted by atomic mass is 9.87. The molecule has 1 aliphatic rings. The predicted molar refractivity (Wildman–Crippen MR) is 95.8 cm³/mol. The Hall–Kier alpha value is -1.29. The van der Waals surface area contributed by atoms with Gasteiger partial charge in [0, 0.05) is 23.5 Å². The molecule has 0 radical (unpaired) electrons. The Morgan fingerprint density at radius 2 is 2.29 bits per heavy atom. The lowest BCUT2D eigenvalue weighted by Crippen LogP contribution is -2.29. The normalized spacial score (nSPS) is 22.1. The summed E-state index contributed by atoms with van der Waals surface area (Å²) < 4.78 is 0. The molecule has 0 amide bonds. The van der Waals surface area contributed by atoms with Crippen LogP contribution in [0.5, 0.6) is 0 Å². The van der Waals surface area contributed by atoms with Crippen LogP contribution in [-0.2, 0) is 0 Å². The molecule has 4 heteroatoms. The second-order valence-electron chi connectivity index (χ2n) is 6.17. The van der Waals surface area contributed by atoms with E-state index in [1.807, 2.05) is 13.1 Å². The van der Waals surface area contributed by atoms with Gasteiger partial charge in [-0.1, -0.05) is 31.8 Å². The summed E-state index contributed by atoms with van der Waals surface area (Å²) in [6, 6.07) is 0.456. The number of hydrogen-bond donors (Lipinski definition) is 2. The van der Waals surface area contributed by atoms with E-state index in [2.05, 4.69) is 44.6 Å². The van der Waals surface area contributed by atoms with E-state index >= 15 is 0 Å². The Labute approximate surface area is 131 Å². The smallest absolute Gasteiger partial charge is 0.107 e. The summed E-state index contributed by atoms with van der Waals surface area (Å²) in [4.78, 5) is 2.51. The highest BCUT2D eigenvalue weighted by atomic mass is 15.2. The molecule has 0 saturated carbocycles. The first-order chi connectivity index (χ1) is 9.99. The SMILES string of the molecule is BC1CCN(C(C)/C=C\N/C(C)=C(\C=N)C(=C)CCC)C1. The molecule has 116 valence electrons. The van der Waals surface area contributed by atoms with Crippen molar-refractivity contribution in [2.75, 3.05) is 13.1 Å². The maximum Gasteiger partial charge on any atom is 0.107 e. The molecule has 21 heavy (non-hydrogen) atoms. The van der Waals surface area contributed by atoms with Gasteiger partial charge < -0.3 is 10.7 Å². The quantitative estimate of drug-likeness (QED) is 0.409. The van der Waals surface area contributed by atoms with E-state index in [9.17, 15) is 0 Å². The summed E-state index contributed by atoms with van der Waals surface area (Å²) in [5.74, 6) is 0.817. The topological polar surface area (TPSA) is 39.1 Å². The third kappa shape index (κ3) is 5.54. The molecule has 0 bridgehead atoms. The van der Waals surface area contributed by atoms with Gasteiger partial charge >= 0.3 is 0 Å². The van der Waals surface area contributed by atoms with Gasteiger partial charge in [0.1, 0.15) is 7.85 Å². The molecule has 2 unspecified atom stereocenters. The lowest BCUT2D eigenvalue weighted by Gasteiger charge is -2.21. The zero-order chi connectivity index (χ0) is 15.8. The molecule has 1 heterocycles. The van der Waals surface area contributed by atoms with Gasteiger partial charge in [0.25, 0.3) is 0 Å². The number of hydrogen-bond acceptors (Lipinski definition) is 3. The minimum Gasteiger partial charge on any atom is -0.365 e. The average molecular weight is 287 g/mol. The van der Waals surface area contributed by atoms with Crippen LogP contribution < -0.4 is 5.32 Å². The van der Waals surface area contributed by atoms with Crippen LogP contribution >= 0.6 is 0 Å². The number of allylic oxidation sites excluding steroid dienone is 3. The van der Waals surface area contributed by atoms with Crippen molar-refractivity contribution in [3.8, 4) is 0 Å². The van der Waals surface area contributed by atoms with Gasteiger partial charge in [-0.05, 0) is 51.6 Å². The minimum absolute atomic E-state index is 0.456. The maximum absolute atomic E-state index is 7.56. The van der Waals surface area contributed by atoms with Crippen molar-refractivity contribution < 1.29 is 0 Å². The lowest BCUT2D eigenvalue weighted by molar-refractivity contribution is 0.300. The van der Waals surface area contributed by atoms with E-state index in [4.69, 9.17) is 5.41 Å². The molecule has 0 aliphatic carbocycles. The predicted octanol–water partition coefficient (Wildman–Crippen LogP) is 2.89. The minimum atomic E-state index is 0.456. The van der Waals surface area contributed by atoms with E-state index in [1.165, 1.54) is 25.7 Å². The standard InChI is InChI=1S/C17H30BN3/c1-5-6-13(2)17(11-19)15(4)20-9-7-14(3)21-10-8-16(18)12-21/h7,9,11,14,16,19-20H,2,5-6,8,10,12,18H2,1,3-4H3/b9-7-,17-15+,19-11?. The number of likely N-dealkylation sites (tertiary alicyclic amines) is 1. The third-order valence-corrected chi connectivity index (χ3v) is 4.19. The van der Waals surface area contributed by atoms with Crippen LogP contribution in [0.15, 0.2) is 35.7 Å². The van der Waals surface area contributed by atoms with Crippen molar-refractivity contribution in [1.82, 2.24) is 10.2 Å². The number of rotatable bonds is 8. The van der Waals surface area contributed by atoms with Gasteiger partial charge in [-0.3, -0.25) is 4.90 Å². The molecular weight excluding hydrogens is 257 g/mol. The summed E-state index contributed by atoms with van der Waals surface area (Å²) in [5.41, 5.74) is 2.96. The van der Waals surface area contributed by atoms with Crippen molar-refractivity contribution in [2.24, 2.45) is 0 Å². The van der Waals surface area contributed by atoms with Crippen molar-refractivity contribution in [3.05, 3.63) is 35.7 Å². The Kier molecular flexibility index (Phi) is 7.51.